The van der Waals surface area contributed by atoms with Crippen molar-refractivity contribution in [2.45, 2.75) is 19.9 Å². The maximum absolute atomic E-state index is 6.29. The molecule has 0 radical (unpaired) electrons. The van der Waals surface area contributed by atoms with Crippen molar-refractivity contribution < 1.29 is 4.42 Å². The molecule has 1 aliphatic heterocycles. The number of nitrogens with zero attached hydrogens (tertiary/aromatic N) is 4. The molecule has 0 N–H and O–H groups in total. The molecule has 152 valence electrons. The Kier molecular flexibility index (Phi) is 3.96. The van der Waals surface area contributed by atoms with Crippen LogP contribution in [0, 0.1) is 6.92 Å². The Labute approximate surface area is 180 Å². The summed E-state index contributed by atoms with van der Waals surface area (Å²) in [6.45, 7) is 5.20. The number of anilines is 4. The lowest BCUT2D eigenvalue weighted by Crippen LogP contribution is -2.44. The first-order valence-corrected chi connectivity index (χ1v) is 10.6. The maximum Gasteiger partial charge on any atom is 0.227 e. The molecular formula is C26H22N4O. The number of benzene rings is 2. The van der Waals surface area contributed by atoms with E-state index in [0.717, 1.165) is 45.8 Å². The monoisotopic (exact) mass is 406 g/mol. The fraction of sp³-hybridized carbons (Fsp3) is 0.154. The first-order chi connectivity index (χ1) is 15.2. The summed E-state index contributed by atoms with van der Waals surface area (Å²) in [4.78, 5) is 13.9. The SMILES string of the molecule is Cc1ccc2c(oc3ncccc32)c1N1C[C@H](C)N(c2ccccc2)c2ncccc21. The Morgan fingerprint density at radius 3 is 2.55 bits per heavy atom. The summed E-state index contributed by atoms with van der Waals surface area (Å²) >= 11 is 0. The number of furan rings is 1. The fourth-order valence-electron chi connectivity index (χ4n) is 4.71. The van der Waals surface area contributed by atoms with E-state index >= 15 is 0 Å². The highest BCUT2D eigenvalue weighted by Crippen LogP contribution is 2.46. The highest BCUT2D eigenvalue weighted by atomic mass is 16.3. The van der Waals surface area contributed by atoms with Crippen LogP contribution in [0.4, 0.5) is 22.9 Å². The van der Waals surface area contributed by atoms with Crippen molar-refractivity contribution in [2.75, 3.05) is 16.3 Å². The van der Waals surface area contributed by atoms with Crippen LogP contribution in [0.25, 0.3) is 22.1 Å². The summed E-state index contributed by atoms with van der Waals surface area (Å²) in [5, 5.41) is 2.13. The molecule has 5 nitrogen and oxygen atoms in total. The van der Waals surface area contributed by atoms with Gasteiger partial charge in [-0.15, -0.1) is 0 Å². The quantitative estimate of drug-likeness (QED) is 0.341. The van der Waals surface area contributed by atoms with Gasteiger partial charge in [-0.2, -0.15) is 0 Å². The Balaban J connectivity index is 1.59. The van der Waals surface area contributed by atoms with Crippen molar-refractivity contribution >= 4 is 44.9 Å². The normalized spacial score (nSPS) is 16.1. The minimum atomic E-state index is 0.224. The number of rotatable bonds is 2. The summed E-state index contributed by atoms with van der Waals surface area (Å²) in [6, 6.07) is 23.2. The van der Waals surface area contributed by atoms with Gasteiger partial charge in [0.1, 0.15) is 0 Å². The van der Waals surface area contributed by atoms with E-state index in [1.807, 2.05) is 24.4 Å². The first-order valence-electron chi connectivity index (χ1n) is 10.6. The third kappa shape index (κ3) is 2.70. The zero-order valence-electron chi connectivity index (χ0n) is 17.5. The predicted octanol–water partition coefficient (Wildman–Crippen LogP) is 6.36. The van der Waals surface area contributed by atoms with Crippen LogP contribution in [-0.4, -0.2) is 22.6 Å². The Bertz CT molecular complexity index is 1410. The zero-order valence-corrected chi connectivity index (χ0v) is 17.5. The highest BCUT2D eigenvalue weighted by Gasteiger charge is 2.33. The van der Waals surface area contributed by atoms with Crippen LogP contribution in [-0.2, 0) is 0 Å². The van der Waals surface area contributed by atoms with Gasteiger partial charge in [0, 0.05) is 35.4 Å². The van der Waals surface area contributed by atoms with Gasteiger partial charge in [0.05, 0.1) is 17.4 Å². The second-order valence-corrected chi connectivity index (χ2v) is 8.08. The standard InChI is InChI=1S/C26H22N4O/c1-17-12-13-20-21-10-6-15-28-26(21)31-24(20)23(17)29-16-18(2)30(19-8-4-3-5-9-19)25-22(29)11-7-14-27-25/h3-15,18H,16H2,1-2H3/t18-/m0/s1. The van der Waals surface area contributed by atoms with Crippen LogP contribution in [0.1, 0.15) is 12.5 Å². The van der Waals surface area contributed by atoms with E-state index in [9.17, 15) is 0 Å². The molecule has 1 aliphatic rings. The van der Waals surface area contributed by atoms with Crippen molar-refractivity contribution in [3.05, 3.63) is 84.7 Å². The van der Waals surface area contributed by atoms with E-state index in [2.05, 4.69) is 77.2 Å². The van der Waals surface area contributed by atoms with Gasteiger partial charge in [0.15, 0.2) is 11.4 Å². The number of pyridine rings is 2. The lowest BCUT2D eigenvalue weighted by atomic mass is 10.0. The summed E-state index contributed by atoms with van der Waals surface area (Å²) in [6.07, 6.45) is 3.64. The van der Waals surface area contributed by atoms with Crippen molar-refractivity contribution in [1.29, 1.82) is 0 Å². The Hall–Kier alpha value is -3.86. The van der Waals surface area contributed by atoms with Crippen LogP contribution in [0.15, 0.2) is 83.5 Å². The largest absolute Gasteiger partial charge is 0.435 e. The van der Waals surface area contributed by atoms with Gasteiger partial charge in [-0.1, -0.05) is 30.3 Å². The van der Waals surface area contributed by atoms with E-state index in [1.165, 1.54) is 5.56 Å². The van der Waals surface area contributed by atoms with E-state index in [4.69, 9.17) is 9.40 Å². The van der Waals surface area contributed by atoms with Crippen molar-refractivity contribution in [3.8, 4) is 0 Å². The summed E-state index contributed by atoms with van der Waals surface area (Å²) in [7, 11) is 0. The van der Waals surface area contributed by atoms with Crippen molar-refractivity contribution in [2.24, 2.45) is 0 Å². The van der Waals surface area contributed by atoms with Crippen LogP contribution >= 0.6 is 0 Å². The number of hydrogen-bond acceptors (Lipinski definition) is 5. The molecule has 0 fully saturated rings. The molecule has 0 bridgehead atoms. The number of fused-ring (bicyclic) bond motifs is 4. The van der Waals surface area contributed by atoms with Crippen LogP contribution in [0.2, 0.25) is 0 Å². The fourth-order valence-corrected chi connectivity index (χ4v) is 4.71. The average Bonchev–Trinajstić information content (AvgIpc) is 3.18. The highest BCUT2D eigenvalue weighted by molar-refractivity contribution is 6.09. The van der Waals surface area contributed by atoms with Crippen molar-refractivity contribution in [3.63, 3.8) is 0 Å². The average molecular weight is 406 g/mol. The van der Waals surface area contributed by atoms with Gasteiger partial charge in [-0.3, -0.25) is 0 Å². The predicted molar refractivity (Wildman–Crippen MR) is 126 cm³/mol. The van der Waals surface area contributed by atoms with Gasteiger partial charge in [-0.25, -0.2) is 9.97 Å². The van der Waals surface area contributed by atoms with Crippen LogP contribution in [0.5, 0.6) is 0 Å². The zero-order chi connectivity index (χ0) is 20.9. The first kappa shape index (κ1) is 18.0. The molecule has 3 aromatic heterocycles. The van der Waals surface area contributed by atoms with Crippen molar-refractivity contribution in [1.82, 2.24) is 9.97 Å². The summed E-state index contributed by atoms with van der Waals surface area (Å²) in [5.74, 6) is 0.957. The third-order valence-corrected chi connectivity index (χ3v) is 6.07. The number of para-hydroxylation sites is 1. The minimum absolute atomic E-state index is 0.224. The molecule has 0 unspecified atom stereocenters. The molecule has 1 atom stereocenters. The summed E-state index contributed by atoms with van der Waals surface area (Å²) in [5.41, 5.74) is 6.03. The van der Waals surface area contributed by atoms with Gasteiger partial charge < -0.3 is 14.2 Å². The molecule has 5 aromatic rings. The van der Waals surface area contributed by atoms with E-state index < -0.39 is 0 Å². The Morgan fingerprint density at radius 2 is 1.68 bits per heavy atom. The second-order valence-electron chi connectivity index (χ2n) is 8.08. The van der Waals surface area contributed by atoms with Gasteiger partial charge in [0.25, 0.3) is 0 Å². The van der Waals surface area contributed by atoms with Gasteiger partial charge in [0.2, 0.25) is 5.71 Å². The molecule has 0 amide bonds. The number of aromatic nitrogens is 2. The second kappa shape index (κ2) is 6.84. The molecule has 5 heteroatoms. The Morgan fingerprint density at radius 1 is 0.871 bits per heavy atom. The van der Waals surface area contributed by atoms with E-state index in [0.29, 0.717) is 5.71 Å². The molecule has 0 saturated carbocycles. The van der Waals surface area contributed by atoms with Crippen LogP contribution < -0.4 is 9.80 Å². The molecule has 6 rings (SSSR count). The molecule has 0 saturated heterocycles. The number of hydrogen-bond donors (Lipinski definition) is 0. The topological polar surface area (TPSA) is 45.4 Å². The lowest BCUT2D eigenvalue weighted by Gasteiger charge is -2.42. The minimum Gasteiger partial charge on any atom is -0.435 e. The molecule has 4 heterocycles. The number of aryl methyl sites for hydroxylation is 1. The maximum atomic E-state index is 6.29. The molecular weight excluding hydrogens is 384 g/mol. The molecule has 31 heavy (non-hydrogen) atoms. The molecule has 0 spiro atoms. The van der Waals surface area contributed by atoms with E-state index in [1.54, 1.807) is 6.20 Å². The van der Waals surface area contributed by atoms with Gasteiger partial charge in [-0.05, 0) is 55.8 Å². The lowest BCUT2D eigenvalue weighted by molar-refractivity contribution is 0.643. The summed E-state index contributed by atoms with van der Waals surface area (Å²) < 4.78 is 6.29. The van der Waals surface area contributed by atoms with Crippen LogP contribution in [0.3, 0.4) is 0 Å². The smallest absolute Gasteiger partial charge is 0.227 e. The van der Waals surface area contributed by atoms with Gasteiger partial charge >= 0.3 is 0 Å². The third-order valence-electron chi connectivity index (χ3n) is 6.07. The molecule has 0 aliphatic carbocycles. The molecule has 2 aromatic carbocycles. The van der Waals surface area contributed by atoms with E-state index in [-0.39, 0.29) is 6.04 Å².